The van der Waals surface area contributed by atoms with E-state index in [1.807, 2.05) is 0 Å². The highest BCUT2D eigenvalue weighted by Gasteiger charge is 2.62. The van der Waals surface area contributed by atoms with Gasteiger partial charge < -0.3 is 20.4 Å². The Labute approximate surface area is 196 Å². The molecule has 4 rings (SSSR count). The van der Waals surface area contributed by atoms with Gasteiger partial charge in [-0.2, -0.15) is 0 Å². The first-order valence-corrected chi connectivity index (χ1v) is 13.6. The topological polar surface area (TPSA) is 80.9 Å². The molecule has 0 radical (unpaired) electrons. The zero-order valence-corrected chi connectivity index (χ0v) is 21.4. The summed E-state index contributed by atoms with van der Waals surface area (Å²) < 4.78 is 0. The molecule has 4 nitrogen and oxygen atoms in total. The molecular weight excluding hydrogens is 400 g/mol. The zero-order valence-electron chi connectivity index (χ0n) is 21.4. The molecule has 0 amide bonds. The first-order valence-electron chi connectivity index (χ1n) is 13.6. The molecule has 0 aromatic rings. The summed E-state index contributed by atoms with van der Waals surface area (Å²) in [6.07, 6.45) is 6.38. The van der Waals surface area contributed by atoms with E-state index < -0.39 is 12.2 Å². The molecule has 0 saturated heterocycles. The molecule has 4 fully saturated rings. The predicted octanol–water partition coefficient (Wildman–Crippen LogP) is 4.63. The molecule has 0 heterocycles. The number of fused-ring (bicyclic) bond motifs is 5. The van der Waals surface area contributed by atoms with E-state index in [2.05, 4.69) is 41.5 Å². The van der Waals surface area contributed by atoms with Crippen LogP contribution in [0.5, 0.6) is 0 Å². The van der Waals surface area contributed by atoms with E-state index in [9.17, 15) is 20.4 Å². The standard InChI is InChI=1S/C28H50O4/c1-15(2)16(3)25(31)26(32)17(4)20-7-8-21-19-14-24(30)23-13-18(29)9-11-28(23,6)22(19)10-12-27(20,21)5/h15-26,29-32H,7-14H2,1-6H3/t16-,17-,18+,19-,20+,21-,22-,23+,24-,25+,26+,27+,28+/m0/s1. The summed E-state index contributed by atoms with van der Waals surface area (Å²) in [6, 6.07) is 0. The average molecular weight is 451 g/mol. The maximum absolute atomic E-state index is 11.2. The smallest absolute Gasteiger partial charge is 0.0830 e. The Morgan fingerprint density at radius 1 is 0.719 bits per heavy atom. The minimum Gasteiger partial charge on any atom is -0.393 e. The van der Waals surface area contributed by atoms with Gasteiger partial charge in [0.2, 0.25) is 0 Å². The molecule has 0 aliphatic heterocycles. The summed E-state index contributed by atoms with van der Waals surface area (Å²) in [6.45, 7) is 13.3. The number of aliphatic hydroxyl groups is 4. The van der Waals surface area contributed by atoms with Crippen molar-refractivity contribution in [2.75, 3.05) is 0 Å². The van der Waals surface area contributed by atoms with Gasteiger partial charge in [-0.1, -0.05) is 41.5 Å². The Bertz CT molecular complexity index is 666. The van der Waals surface area contributed by atoms with Crippen LogP contribution in [0.15, 0.2) is 0 Å². The Hall–Kier alpha value is -0.160. The average Bonchev–Trinajstić information content (AvgIpc) is 3.10. The molecule has 4 aliphatic rings. The molecule has 4 heteroatoms. The number of hydrogen-bond donors (Lipinski definition) is 4. The van der Waals surface area contributed by atoms with Gasteiger partial charge in [-0.25, -0.2) is 0 Å². The van der Waals surface area contributed by atoms with Crippen LogP contribution in [0.25, 0.3) is 0 Å². The fourth-order valence-corrected chi connectivity index (χ4v) is 9.44. The lowest BCUT2D eigenvalue weighted by Gasteiger charge is -2.62. The highest BCUT2D eigenvalue weighted by Crippen LogP contribution is 2.68. The maximum Gasteiger partial charge on any atom is 0.0830 e. The molecule has 0 bridgehead atoms. The third-order valence-corrected chi connectivity index (χ3v) is 11.8. The molecule has 0 aromatic carbocycles. The van der Waals surface area contributed by atoms with E-state index in [1.165, 1.54) is 19.3 Å². The fraction of sp³-hybridized carbons (Fsp3) is 1.00. The molecule has 4 aliphatic carbocycles. The molecule has 186 valence electrons. The van der Waals surface area contributed by atoms with E-state index in [0.29, 0.717) is 29.6 Å². The molecule has 0 spiro atoms. The second-order valence-electron chi connectivity index (χ2n) is 13.4. The minimum atomic E-state index is -0.677. The van der Waals surface area contributed by atoms with Gasteiger partial charge in [0, 0.05) is 0 Å². The van der Waals surface area contributed by atoms with Crippen molar-refractivity contribution < 1.29 is 20.4 Å². The molecular formula is C28H50O4. The van der Waals surface area contributed by atoms with Crippen molar-refractivity contribution in [3.05, 3.63) is 0 Å². The number of rotatable bonds is 5. The van der Waals surface area contributed by atoms with Gasteiger partial charge in [-0.05, 0) is 110 Å². The molecule has 0 unspecified atom stereocenters. The molecule has 0 aromatic heterocycles. The molecule has 4 N–H and O–H groups in total. The lowest BCUT2D eigenvalue weighted by molar-refractivity contribution is -0.175. The van der Waals surface area contributed by atoms with Crippen LogP contribution in [0.2, 0.25) is 0 Å². The molecule has 4 saturated carbocycles. The van der Waals surface area contributed by atoms with Crippen molar-refractivity contribution in [1.82, 2.24) is 0 Å². The van der Waals surface area contributed by atoms with Crippen molar-refractivity contribution in [2.45, 2.75) is 117 Å². The maximum atomic E-state index is 11.2. The monoisotopic (exact) mass is 450 g/mol. The SMILES string of the molecule is CC(C)[C@H](C)[C@@H](O)[C@H](O)[C@@H](C)[C@H]1CC[C@H]2[C@@H]3C[C@H](O)[C@H]4C[C@H](O)CC[C@]4(C)[C@H]3CC[C@]12C. The van der Waals surface area contributed by atoms with Crippen LogP contribution in [-0.4, -0.2) is 44.8 Å². The van der Waals surface area contributed by atoms with Crippen molar-refractivity contribution in [1.29, 1.82) is 0 Å². The lowest BCUT2D eigenvalue weighted by atomic mass is 9.43. The summed E-state index contributed by atoms with van der Waals surface area (Å²) >= 11 is 0. The van der Waals surface area contributed by atoms with E-state index in [4.69, 9.17) is 0 Å². The minimum absolute atomic E-state index is 0.0828. The van der Waals surface area contributed by atoms with Gasteiger partial charge in [-0.15, -0.1) is 0 Å². The van der Waals surface area contributed by atoms with Crippen LogP contribution in [0.1, 0.15) is 92.9 Å². The Morgan fingerprint density at radius 2 is 1.34 bits per heavy atom. The highest BCUT2D eigenvalue weighted by atomic mass is 16.3. The second-order valence-corrected chi connectivity index (χ2v) is 13.4. The summed E-state index contributed by atoms with van der Waals surface area (Å²) in [4.78, 5) is 0. The van der Waals surface area contributed by atoms with E-state index >= 15 is 0 Å². The van der Waals surface area contributed by atoms with E-state index in [-0.39, 0.29) is 40.8 Å². The summed E-state index contributed by atoms with van der Waals surface area (Å²) in [5.74, 6) is 2.97. The lowest BCUT2D eigenvalue weighted by Crippen LogP contribution is -2.58. The van der Waals surface area contributed by atoms with Gasteiger partial charge in [0.15, 0.2) is 0 Å². The van der Waals surface area contributed by atoms with E-state index in [1.54, 1.807) is 0 Å². The van der Waals surface area contributed by atoms with Gasteiger partial charge in [0.05, 0.1) is 24.4 Å². The van der Waals surface area contributed by atoms with E-state index in [0.717, 1.165) is 32.1 Å². The van der Waals surface area contributed by atoms with Crippen LogP contribution in [0.4, 0.5) is 0 Å². The first-order chi connectivity index (χ1) is 14.9. The number of hydrogen-bond acceptors (Lipinski definition) is 4. The highest BCUT2D eigenvalue weighted by molar-refractivity contribution is 5.11. The normalized spacial score (nSPS) is 50.2. The number of aliphatic hydroxyl groups excluding tert-OH is 4. The van der Waals surface area contributed by atoms with Crippen LogP contribution >= 0.6 is 0 Å². The third kappa shape index (κ3) is 3.80. The summed E-state index contributed by atoms with van der Waals surface area (Å²) in [5.41, 5.74) is 0.328. The molecule has 13 atom stereocenters. The van der Waals surface area contributed by atoms with Crippen LogP contribution in [0.3, 0.4) is 0 Å². The van der Waals surface area contributed by atoms with Crippen molar-refractivity contribution in [3.63, 3.8) is 0 Å². The van der Waals surface area contributed by atoms with Crippen LogP contribution in [-0.2, 0) is 0 Å². The zero-order chi connectivity index (χ0) is 23.6. The Kier molecular flexibility index (Phi) is 6.87. The summed E-state index contributed by atoms with van der Waals surface area (Å²) in [5, 5.41) is 43.5. The third-order valence-electron chi connectivity index (χ3n) is 11.8. The Balaban J connectivity index is 1.54. The van der Waals surface area contributed by atoms with Crippen LogP contribution < -0.4 is 0 Å². The van der Waals surface area contributed by atoms with Crippen molar-refractivity contribution >= 4 is 0 Å². The largest absolute Gasteiger partial charge is 0.393 e. The van der Waals surface area contributed by atoms with Gasteiger partial charge in [-0.3, -0.25) is 0 Å². The van der Waals surface area contributed by atoms with Crippen LogP contribution in [0, 0.1) is 58.2 Å². The van der Waals surface area contributed by atoms with Crippen molar-refractivity contribution in [2.24, 2.45) is 58.2 Å². The Morgan fingerprint density at radius 3 is 2.00 bits per heavy atom. The summed E-state index contributed by atoms with van der Waals surface area (Å²) in [7, 11) is 0. The fourth-order valence-electron chi connectivity index (χ4n) is 9.44. The second kappa shape index (κ2) is 8.81. The first kappa shape index (κ1) is 24.9. The van der Waals surface area contributed by atoms with Gasteiger partial charge >= 0.3 is 0 Å². The van der Waals surface area contributed by atoms with Gasteiger partial charge in [0.1, 0.15) is 0 Å². The van der Waals surface area contributed by atoms with Crippen molar-refractivity contribution in [3.8, 4) is 0 Å². The predicted molar refractivity (Wildman–Crippen MR) is 128 cm³/mol. The quantitative estimate of drug-likeness (QED) is 0.492. The molecule has 32 heavy (non-hydrogen) atoms. The van der Waals surface area contributed by atoms with Gasteiger partial charge in [0.25, 0.3) is 0 Å².